The molecular weight excluding hydrogens is 316 g/mol. The molecule has 1 N–H and O–H groups in total. The molecule has 4 nitrogen and oxygen atoms in total. The zero-order valence-corrected chi connectivity index (χ0v) is 14.3. The Morgan fingerprint density at radius 3 is 2.91 bits per heavy atom. The van der Waals surface area contributed by atoms with Crippen LogP contribution in [0.5, 0.6) is 0 Å². The molecule has 0 fully saturated rings. The highest BCUT2D eigenvalue weighted by molar-refractivity contribution is 7.10. The molecule has 22 heavy (non-hydrogen) atoms. The van der Waals surface area contributed by atoms with Crippen LogP contribution >= 0.6 is 22.7 Å². The lowest BCUT2D eigenvalue weighted by molar-refractivity contribution is -0.121. The molecule has 0 saturated carbocycles. The van der Waals surface area contributed by atoms with Crippen molar-refractivity contribution in [3.8, 4) is 0 Å². The van der Waals surface area contributed by atoms with Crippen molar-refractivity contribution in [1.29, 1.82) is 0 Å². The van der Waals surface area contributed by atoms with Gasteiger partial charge in [0.15, 0.2) is 0 Å². The minimum atomic E-state index is -0.0836. The predicted molar refractivity (Wildman–Crippen MR) is 90.7 cm³/mol. The van der Waals surface area contributed by atoms with Crippen LogP contribution in [0.25, 0.3) is 0 Å². The Kier molecular flexibility index (Phi) is 4.78. The number of nitrogens with zero attached hydrogens (tertiary/aromatic N) is 1. The normalized spacial score (nSPS) is 14.4. The second-order valence-electron chi connectivity index (χ2n) is 5.69. The monoisotopic (exact) mass is 336 g/mol. The molecule has 0 bridgehead atoms. The van der Waals surface area contributed by atoms with Crippen LogP contribution in [0, 0.1) is 6.92 Å². The van der Waals surface area contributed by atoms with Crippen molar-refractivity contribution in [2.45, 2.75) is 52.1 Å². The van der Waals surface area contributed by atoms with Gasteiger partial charge < -0.3 is 5.32 Å². The highest BCUT2D eigenvalue weighted by Crippen LogP contribution is 2.22. The lowest BCUT2D eigenvalue weighted by Crippen LogP contribution is -2.31. The standard InChI is InChI=1S/C16H20N2O2S2/c1-11-7-8-21-14(11)9-17-15(19)10-18-12-5-3-2-4-6-13(12)22-16(18)20/h7-8H,2-6,9-10H2,1H3,(H,17,19). The molecule has 1 aliphatic rings. The minimum Gasteiger partial charge on any atom is -0.350 e. The molecule has 0 aromatic carbocycles. The molecule has 0 atom stereocenters. The van der Waals surface area contributed by atoms with E-state index in [4.69, 9.17) is 0 Å². The first-order valence-electron chi connectivity index (χ1n) is 7.66. The molecule has 0 saturated heterocycles. The maximum absolute atomic E-state index is 12.2. The third-order valence-electron chi connectivity index (χ3n) is 4.11. The maximum Gasteiger partial charge on any atom is 0.308 e. The van der Waals surface area contributed by atoms with Crippen molar-refractivity contribution in [3.05, 3.63) is 42.1 Å². The first kappa shape index (κ1) is 15.5. The van der Waals surface area contributed by atoms with Crippen LogP contribution in [0.3, 0.4) is 0 Å². The van der Waals surface area contributed by atoms with Gasteiger partial charge >= 0.3 is 4.87 Å². The summed E-state index contributed by atoms with van der Waals surface area (Å²) in [4.78, 5) is 26.7. The van der Waals surface area contributed by atoms with Crippen LogP contribution in [0.1, 0.15) is 40.3 Å². The molecular formula is C16H20N2O2S2. The molecule has 2 heterocycles. The molecule has 0 radical (unpaired) electrons. The Morgan fingerprint density at radius 1 is 1.32 bits per heavy atom. The summed E-state index contributed by atoms with van der Waals surface area (Å²) in [5.41, 5.74) is 2.29. The number of carbonyl (C=O) groups excluding carboxylic acids is 1. The van der Waals surface area contributed by atoms with Gasteiger partial charge in [0.1, 0.15) is 6.54 Å². The number of thiazole rings is 1. The Bertz CT molecular complexity index is 727. The van der Waals surface area contributed by atoms with E-state index in [9.17, 15) is 9.59 Å². The first-order chi connectivity index (χ1) is 10.6. The first-order valence-corrected chi connectivity index (χ1v) is 9.36. The molecule has 118 valence electrons. The summed E-state index contributed by atoms with van der Waals surface area (Å²) >= 11 is 2.97. The minimum absolute atomic E-state index is 0.00866. The van der Waals surface area contributed by atoms with E-state index in [0.29, 0.717) is 6.54 Å². The topological polar surface area (TPSA) is 51.1 Å². The average Bonchev–Trinajstić information content (AvgIpc) is 2.93. The van der Waals surface area contributed by atoms with Crippen LogP contribution in [0.2, 0.25) is 0 Å². The van der Waals surface area contributed by atoms with Gasteiger partial charge in [-0.2, -0.15) is 0 Å². The number of hydrogen-bond donors (Lipinski definition) is 1. The quantitative estimate of drug-likeness (QED) is 0.873. The van der Waals surface area contributed by atoms with Crippen LogP contribution in [-0.4, -0.2) is 10.5 Å². The molecule has 0 unspecified atom stereocenters. The Balaban J connectivity index is 1.68. The predicted octanol–water partition coefficient (Wildman–Crippen LogP) is 2.87. The summed E-state index contributed by atoms with van der Waals surface area (Å²) < 4.78 is 1.68. The van der Waals surface area contributed by atoms with Crippen molar-refractivity contribution in [2.24, 2.45) is 0 Å². The fourth-order valence-electron chi connectivity index (χ4n) is 2.83. The van der Waals surface area contributed by atoms with Crippen LogP contribution in [0.4, 0.5) is 0 Å². The number of amides is 1. The van der Waals surface area contributed by atoms with Crippen molar-refractivity contribution >= 4 is 28.6 Å². The Hall–Kier alpha value is -1.40. The second kappa shape index (κ2) is 6.79. The Labute approximate surface area is 137 Å². The smallest absolute Gasteiger partial charge is 0.308 e. The SMILES string of the molecule is Cc1ccsc1CNC(=O)Cn1c2c(sc1=O)CCCCC2. The lowest BCUT2D eigenvalue weighted by Gasteiger charge is -2.09. The number of rotatable bonds is 4. The van der Waals surface area contributed by atoms with E-state index in [1.54, 1.807) is 15.9 Å². The molecule has 1 amide bonds. The van der Waals surface area contributed by atoms with Gasteiger partial charge in [-0.25, -0.2) is 0 Å². The summed E-state index contributed by atoms with van der Waals surface area (Å²) in [6.07, 6.45) is 5.37. The fourth-order valence-corrected chi connectivity index (χ4v) is 4.75. The number of hydrogen-bond acceptors (Lipinski definition) is 4. The van der Waals surface area contributed by atoms with Crippen LogP contribution in [-0.2, 0) is 30.7 Å². The van der Waals surface area contributed by atoms with E-state index in [1.165, 1.54) is 33.1 Å². The molecule has 0 aliphatic heterocycles. The van der Waals surface area contributed by atoms with E-state index < -0.39 is 0 Å². The number of fused-ring (bicyclic) bond motifs is 1. The fraction of sp³-hybridized carbons (Fsp3) is 0.500. The largest absolute Gasteiger partial charge is 0.350 e. The number of aryl methyl sites for hydroxylation is 2. The highest BCUT2D eigenvalue weighted by Gasteiger charge is 2.18. The molecule has 3 rings (SSSR count). The summed E-state index contributed by atoms with van der Waals surface area (Å²) in [6, 6.07) is 2.05. The average molecular weight is 336 g/mol. The lowest BCUT2D eigenvalue weighted by atomic mass is 10.2. The molecule has 6 heteroatoms. The number of thiophene rings is 1. The van der Waals surface area contributed by atoms with E-state index in [0.717, 1.165) is 31.4 Å². The van der Waals surface area contributed by atoms with Gasteiger partial charge in [0.2, 0.25) is 5.91 Å². The van der Waals surface area contributed by atoms with Gasteiger partial charge in [-0.15, -0.1) is 11.3 Å². The van der Waals surface area contributed by atoms with E-state index in [1.807, 2.05) is 12.3 Å². The van der Waals surface area contributed by atoms with Gasteiger partial charge in [0.05, 0.1) is 6.54 Å². The summed E-state index contributed by atoms with van der Waals surface area (Å²) in [6.45, 7) is 2.74. The zero-order valence-electron chi connectivity index (χ0n) is 12.7. The molecule has 2 aromatic rings. The number of aromatic nitrogens is 1. The highest BCUT2D eigenvalue weighted by atomic mass is 32.1. The van der Waals surface area contributed by atoms with E-state index in [-0.39, 0.29) is 17.3 Å². The van der Waals surface area contributed by atoms with Gasteiger partial charge in [-0.1, -0.05) is 17.8 Å². The summed E-state index contributed by atoms with van der Waals surface area (Å²) in [5, 5.41) is 4.96. The summed E-state index contributed by atoms with van der Waals surface area (Å²) in [7, 11) is 0. The second-order valence-corrected chi connectivity index (χ2v) is 7.73. The van der Waals surface area contributed by atoms with E-state index >= 15 is 0 Å². The van der Waals surface area contributed by atoms with Crippen LogP contribution in [0.15, 0.2) is 16.2 Å². The third-order valence-corrected chi connectivity index (χ3v) is 6.22. The van der Waals surface area contributed by atoms with Gasteiger partial charge in [-0.05, 0) is 49.6 Å². The molecule has 0 spiro atoms. The van der Waals surface area contributed by atoms with Crippen LogP contribution < -0.4 is 10.2 Å². The number of carbonyl (C=O) groups is 1. The van der Waals surface area contributed by atoms with Crippen molar-refractivity contribution in [2.75, 3.05) is 0 Å². The summed E-state index contributed by atoms with van der Waals surface area (Å²) in [5.74, 6) is -0.0836. The molecule has 1 aliphatic carbocycles. The zero-order chi connectivity index (χ0) is 15.5. The van der Waals surface area contributed by atoms with Crippen molar-refractivity contribution in [3.63, 3.8) is 0 Å². The third kappa shape index (κ3) is 3.33. The molecule has 2 aromatic heterocycles. The number of nitrogens with one attached hydrogen (secondary N) is 1. The van der Waals surface area contributed by atoms with Gasteiger partial charge in [0.25, 0.3) is 0 Å². The van der Waals surface area contributed by atoms with Gasteiger partial charge in [0, 0.05) is 15.4 Å². The van der Waals surface area contributed by atoms with Crippen molar-refractivity contribution < 1.29 is 4.79 Å². The van der Waals surface area contributed by atoms with E-state index in [2.05, 4.69) is 11.4 Å². The maximum atomic E-state index is 12.2. The van der Waals surface area contributed by atoms with Gasteiger partial charge in [-0.3, -0.25) is 14.2 Å². The van der Waals surface area contributed by atoms with Crippen molar-refractivity contribution in [1.82, 2.24) is 9.88 Å². The Morgan fingerprint density at radius 2 is 2.14 bits per heavy atom.